The maximum atomic E-state index is 6.04. The number of fused-ring (bicyclic) bond motifs is 7. The van der Waals surface area contributed by atoms with E-state index in [0.29, 0.717) is 17.5 Å². The van der Waals surface area contributed by atoms with Crippen molar-refractivity contribution in [3.05, 3.63) is 199 Å². The molecule has 12 rings (SSSR count). The van der Waals surface area contributed by atoms with E-state index in [1.54, 1.807) is 0 Å². The summed E-state index contributed by atoms with van der Waals surface area (Å²) in [6.45, 7) is 18.2. The average Bonchev–Trinajstić information content (AvgIpc) is 4.07. The average molecular weight is 1140 g/mol. The molecule has 0 aliphatic rings. The van der Waals surface area contributed by atoms with Crippen LogP contribution in [0.3, 0.4) is 0 Å². The number of aryl methyl sites for hydroxylation is 1. The standard InChI is InChI=1S/C43H35N2S.C20H19N2OSi.Ir/c1-27(2)36-24-32(30-16-9-6-10-17-30)25-37(28(3)4)41(36)45-39-21-12-11-20-38(39)44-43(45)35-19-13-18-34-33-23-22-31(26-40(33)46-42(34)35)29-14-7-5-8-15-29;1-13-8-10-16-15-6-5-7-17(19(15)23-20(16)22-13)18-11-9-14(12-21-18)24(2,3)4;/h5-18,20-28H,1-4H3;5-6,8-12H,1-4H3;/q2*-1;. The van der Waals surface area contributed by atoms with Crippen molar-refractivity contribution in [3.63, 3.8) is 0 Å². The van der Waals surface area contributed by atoms with Gasteiger partial charge in [-0.3, -0.25) is 4.98 Å². The van der Waals surface area contributed by atoms with Gasteiger partial charge in [0, 0.05) is 47.8 Å². The second-order valence-electron chi connectivity index (χ2n) is 19.9. The molecular weight excluding hydrogens is 1080 g/mol. The fourth-order valence-corrected chi connectivity index (χ4v) is 11.9. The van der Waals surface area contributed by atoms with Crippen LogP contribution in [0.25, 0.3) is 104 Å². The van der Waals surface area contributed by atoms with E-state index in [1.807, 2.05) is 42.7 Å². The number of thiophene rings is 1. The van der Waals surface area contributed by atoms with Crippen molar-refractivity contribution in [3.8, 4) is 50.6 Å². The third-order valence-electron chi connectivity index (χ3n) is 13.4. The maximum Gasteiger partial charge on any atom is 0.216 e. The van der Waals surface area contributed by atoms with Crippen LogP contribution >= 0.6 is 11.3 Å². The zero-order chi connectivity index (χ0) is 48.3. The molecule has 5 nitrogen and oxygen atoms in total. The molecule has 0 amide bonds. The molecule has 0 saturated carbocycles. The molecule has 5 heterocycles. The summed E-state index contributed by atoms with van der Waals surface area (Å²) in [4.78, 5) is 14.5. The summed E-state index contributed by atoms with van der Waals surface area (Å²) in [7, 11) is -1.35. The molecule has 0 atom stereocenters. The van der Waals surface area contributed by atoms with E-state index in [2.05, 4.69) is 220 Å². The molecule has 12 aromatic rings. The monoisotopic (exact) mass is 1140 g/mol. The van der Waals surface area contributed by atoms with Gasteiger partial charge in [-0.2, -0.15) is 11.3 Å². The molecule has 0 spiro atoms. The Kier molecular flexibility index (Phi) is 13.1. The molecule has 0 N–H and O–H groups in total. The van der Waals surface area contributed by atoms with Crippen LogP contribution in [0.1, 0.15) is 56.4 Å². The fourth-order valence-electron chi connectivity index (χ4n) is 9.64. The molecule has 8 heteroatoms. The van der Waals surface area contributed by atoms with E-state index in [4.69, 9.17) is 9.40 Å². The summed E-state index contributed by atoms with van der Waals surface area (Å²) in [5.74, 6) is 1.56. The van der Waals surface area contributed by atoms with Crippen molar-refractivity contribution in [2.24, 2.45) is 0 Å². The second-order valence-corrected chi connectivity index (χ2v) is 26.0. The summed E-state index contributed by atoms with van der Waals surface area (Å²) >= 11 is 1.84. The van der Waals surface area contributed by atoms with Crippen molar-refractivity contribution < 1.29 is 24.5 Å². The van der Waals surface area contributed by atoms with Crippen LogP contribution in [0.2, 0.25) is 19.6 Å². The van der Waals surface area contributed by atoms with Crippen molar-refractivity contribution in [1.29, 1.82) is 0 Å². The SMILES string of the molecule is CC(C)c1cc(-c2ccccc2)cc(C(C)C)c1-n1c(-c2[c-]ccc3c2sc2cc(-c4ccccc4)ccc23)nc2ccccc21.Cc1ccc2c(n1)oc1c(-c3ccc([Si](C)(C)C)cn3)[c-]ccc12.[Ir]. The number of aromatic nitrogens is 4. The van der Waals surface area contributed by atoms with E-state index in [1.165, 1.54) is 64.4 Å². The molecule has 7 aromatic carbocycles. The number of para-hydroxylation sites is 2. The minimum Gasteiger partial charge on any atom is -0.486 e. The van der Waals surface area contributed by atoms with Crippen LogP contribution in [-0.2, 0) is 20.1 Å². The molecule has 71 heavy (non-hydrogen) atoms. The number of imidazole rings is 1. The van der Waals surface area contributed by atoms with E-state index in [-0.39, 0.29) is 20.1 Å². The van der Waals surface area contributed by atoms with Crippen LogP contribution in [-0.4, -0.2) is 27.6 Å². The number of furan rings is 1. The van der Waals surface area contributed by atoms with Gasteiger partial charge in [0.25, 0.3) is 0 Å². The normalized spacial score (nSPS) is 11.8. The van der Waals surface area contributed by atoms with E-state index in [9.17, 15) is 0 Å². The van der Waals surface area contributed by atoms with Crippen LogP contribution in [0.5, 0.6) is 0 Å². The van der Waals surface area contributed by atoms with Gasteiger partial charge in [0.15, 0.2) is 0 Å². The molecule has 353 valence electrons. The Bertz CT molecular complexity index is 3860. The van der Waals surface area contributed by atoms with Gasteiger partial charge >= 0.3 is 0 Å². The smallest absolute Gasteiger partial charge is 0.216 e. The van der Waals surface area contributed by atoms with E-state index < -0.39 is 8.07 Å². The molecule has 1 radical (unpaired) electrons. The Morgan fingerprint density at radius 3 is 1.89 bits per heavy atom. The molecular formula is C63H54IrN4OSSi-2. The minimum absolute atomic E-state index is 0. The Labute approximate surface area is 434 Å². The van der Waals surface area contributed by atoms with Crippen molar-refractivity contribution in [2.45, 2.75) is 66.1 Å². The molecule has 0 unspecified atom stereocenters. The molecule has 5 aromatic heterocycles. The minimum atomic E-state index is -1.35. The number of rotatable bonds is 8. The first-order chi connectivity index (χ1) is 33.9. The number of hydrogen-bond acceptors (Lipinski definition) is 5. The summed E-state index contributed by atoms with van der Waals surface area (Å²) in [5, 5.41) is 5.96. The van der Waals surface area contributed by atoms with Crippen LogP contribution in [0.15, 0.2) is 174 Å². The van der Waals surface area contributed by atoms with E-state index in [0.717, 1.165) is 55.7 Å². The predicted octanol–water partition coefficient (Wildman–Crippen LogP) is 17.1. The van der Waals surface area contributed by atoms with Crippen LogP contribution < -0.4 is 5.19 Å². The zero-order valence-corrected chi connectivity index (χ0v) is 45.5. The molecule has 0 fully saturated rings. The first-order valence-corrected chi connectivity index (χ1v) is 28.5. The van der Waals surface area contributed by atoms with Gasteiger partial charge < -0.3 is 14.0 Å². The van der Waals surface area contributed by atoms with Gasteiger partial charge in [0.1, 0.15) is 0 Å². The summed E-state index contributed by atoms with van der Waals surface area (Å²) in [6.07, 6.45) is 2.00. The Morgan fingerprint density at radius 2 is 1.23 bits per heavy atom. The quantitative estimate of drug-likeness (QED) is 0.112. The molecule has 0 aliphatic carbocycles. The number of nitrogens with zero attached hydrogens (tertiary/aromatic N) is 4. The number of pyridine rings is 2. The number of benzene rings is 7. The maximum absolute atomic E-state index is 6.04. The van der Waals surface area contributed by atoms with Gasteiger partial charge in [-0.15, -0.1) is 36.4 Å². The Balaban J connectivity index is 0.000000196. The second kappa shape index (κ2) is 19.4. The molecule has 0 saturated heterocycles. The fraction of sp³-hybridized carbons (Fsp3) is 0.159. The third-order valence-corrected chi connectivity index (χ3v) is 16.6. The predicted molar refractivity (Wildman–Crippen MR) is 299 cm³/mol. The van der Waals surface area contributed by atoms with Crippen LogP contribution in [0.4, 0.5) is 0 Å². The Hall–Kier alpha value is -6.80. The first kappa shape index (κ1) is 47.9. The topological polar surface area (TPSA) is 56.7 Å². The van der Waals surface area contributed by atoms with Crippen molar-refractivity contribution in [1.82, 2.24) is 19.5 Å². The van der Waals surface area contributed by atoms with Gasteiger partial charge in [0.2, 0.25) is 5.71 Å². The van der Waals surface area contributed by atoms with Gasteiger partial charge in [0.05, 0.1) is 30.5 Å². The summed E-state index contributed by atoms with van der Waals surface area (Å²) in [5.41, 5.74) is 16.2. The molecule has 0 aliphatic heterocycles. The van der Waals surface area contributed by atoms with Crippen molar-refractivity contribution in [2.75, 3.05) is 0 Å². The summed E-state index contributed by atoms with van der Waals surface area (Å²) < 4.78 is 11.0. The first-order valence-electron chi connectivity index (χ1n) is 24.2. The molecule has 0 bridgehead atoms. The van der Waals surface area contributed by atoms with Crippen molar-refractivity contribution >= 4 is 77.9 Å². The summed E-state index contributed by atoms with van der Waals surface area (Å²) in [6, 6.07) is 65.1. The van der Waals surface area contributed by atoms with E-state index >= 15 is 0 Å². The van der Waals surface area contributed by atoms with Gasteiger partial charge in [-0.05, 0) is 116 Å². The van der Waals surface area contributed by atoms with Gasteiger partial charge in [-0.25, -0.2) is 4.98 Å². The third kappa shape index (κ3) is 9.00. The van der Waals surface area contributed by atoms with Crippen LogP contribution in [0, 0.1) is 19.1 Å². The number of hydrogen-bond donors (Lipinski definition) is 0. The zero-order valence-electron chi connectivity index (χ0n) is 41.3. The largest absolute Gasteiger partial charge is 0.486 e. The Morgan fingerprint density at radius 1 is 0.592 bits per heavy atom. The van der Waals surface area contributed by atoms with Gasteiger partial charge in [-0.1, -0.05) is 166 Å².